The molecule has 1 heteroatoms. The van der Waals surface area contributed by atoms with Gasteiger partial charge in [-0.25, -0.2) is 0 Å². The van der Waals surface area contributed by atoms with Gasteiger partial charge in [0.05, 0.1) is 0 Å². The Labute approximate surface area is 210 Å². The van der Waals surface area contributed by atoms with Gasteiger partial charge in [-0.05, 0) is 52.8 Å². The Morgan fingerprint density at radius 3 is 1.89 bits per heavy atom. The van der Waals surface area contributed by atoms with Gasteiger partial charge >= 0.3 is 0 Å². The Hall–Kier alpha value is -2.80. The zero-order valence-corrected chi connectivity index (χ0v) is 21.5. The van der Waals surface area contributed by atoms with E-state index in [2.05, 4.69) is 67.6 Å². The predicted molar refractivity (Wildman–Crippen MR) is 154 cm³/mol. The zero-order valence-electron chi connectivity index (χ0n) is 21.5. The summed E-state index contributed by atoms with van der Waals surface area (Å²) in [5.74, 6) is 0. The Morgan fingerprint density at radius 1 is 0.514 bits per heavy atom. The van der Waals surface area contributed by atoms with Crippen LogP contribution in [0.2, 0.25) is 0 Å². The molecule has 0 saturated carbocycles. The molecule has 0 bridgehead atoms. The maximum Gasteiger partial charge on any atom is 0.143 e. The molecule has 0 aliphatic rings. The second kappa shape index (κ2) is 11.8. The second-order valence-electron chi connectivity index (χ2n) is 10.4. The van der Waals surface area contributed by atoms with E-state index in [-0.39, 0.29) is 0 Å². The van der Waals surface area contributed by atoms with Crippen molar-refractivity contribution >= 4 is 43.5 Å². The van der Waals surface area contributed by atoms with Gasteiger partial charge < -0.3 is 4.42 Å². The topological polar surface area (TPSA) is 13.1 Å². The monoisotopic (exact) mass is 464 g/mol. The number of fused-ring (bicyclic) bond motifs is 7. The molecule has 0 amide bonds. The SMILES string of the molecule is CCCCCCCCCCCCCCc1ccc2c(ccc3c2ccc2c4ccccc4oc23)c1. The maximum absolute atomic E-state index is 6.26. The van der Waals surface area contributed by atoms with E-state index in [4.69, 9.17) is 4.42 Å². The van der Waals surface area contributed by atoms with E-state index < -0.39 is 0 Å². The minimum atomic E-state index is 0.966. The highest BCUT2D eigenvalue weighted by molar-refractivity contribution is 6.20. The molecule has 0 fully saturated rings. The third-order valence-electron chi connectivity index (χ3n) is 7.74. The summed E-state index contributed by atoms with van der Waals surface area (Å²) in [5, 5.41) is 7.55. The molecule has 0 unspecified atom stereocenters. The van der Waals surface area contributed by atoms with Crippen molar-refractivity contribution in [3.8, 4) is 0 Å². The minimum absolute atomic E-state index is 0.966. The van der Waals surface area contributed by atoms with Crippen molar-refractivity contribution in [2.75, 3.05) is 0 Å². The Kier molecular flexibility index (Phi) is 8.03. The van der Waals surface area contributed by atoms with Crippen LogP contribution in [0.5, 0.6) is 0 Å². The molecule has 1 aromatic heterocycles. The van der Waals surface area contributed by atoms with E-state index >= 15 is 0 Å². The molecule has 0 aliphatic carbocycles. The van der Waals surface area contributed by atoms with Crippen molar-refractivity contribution in [3.05, 3.63) is 72.3 Å². The predicted octanol–water partition coefficient (Wildman–Crippen LogP) is 11.1. The summed E-state index contributed by atoms with van der Waals surface area (Å²) < 4.78 is 6.26. The number of para-hydroxylation sites is 1. The summed E-state index contributed by atoms with van der Waals surface area (Å²) >= 11 is 0. The van der Waals surface area contributed by atoms with Gasteiger partial charge in [0.15, 0.2) is 0 Å². The van der Waals surface area contributed by atoms with E-state index in [0.29, 0.717) is 0 Å². The van der Waals surface area contributed by atoms with Gasteiger partial charge in [-0.3, -0.25) is 0 Å². The summed E-state index contributed by atoms with van der Waals surface area (Å²) in [6, 6.07) is 24.4. The summed E-state index contributed by atoms with van der Waals surface area (Å²) in [4.78, 5) is 0. The number of furan rings is 1. The Bertz CT molecular complexity index is 1390. The molecule has 0 atom stereocenters. The van der Waals surface area contributed by atoms with E-state index in [1.165, 1.54) is 121 Å². The first-order valence-corrected chi connectivity index (χ1v) is 14.1. The number of benzene rings is 4. The Balaban J connectivity index is 1.15. The second-order valence-corrected chi connectivity index (χ2v) is 10.4. The zero-order chi connectivity index (χ0) is 23.9. The molecule has 0 spiro atoms. The van der Waals surface area contributed by atoms with Crippen LogP contribution in [0.15, 0.2) is 71.1 Å². The molecule has 182 valence electrons. The van der Waals surface area contributed by atoms with Crippen molar-refractivity contribution in [3.63, 3.8) is 0 Å². The third kappa shape index (κ3) is 5.56. The maximum atomic E-state index is 6.26. The lowest BCUT2D eigenvalue weighted by molar-refractivity contribution is 0.544. The van der Waals surface area contributed by atoms with Gasteiger partial charge in [0.2, 0.25) is 0 Å². The van der Waals surface area contributed by atoms with Crippen molar-refractivity contribution in [1.82, 2.24) is 0 Å². The van der Waals surface area contributed by atoms with E-state index in [1.807, 2.05) is 6.07 Å². The number of unbranched alkanes of at least 4 members (excludes halogenated alkanes) is 11. The standard InChI is InChI=1S/C34H40O/c1-2-3-4-5-6-7-8-9-10-11-12-13-16-26-19-21-28-27(25-26)20-22-31-29(28)23-24-32-30-17-14-15-18-33(30)35-34(31)32/h14-15,17-25H,2-13,16H2,1H3. The number of aryl methyl sites for hydroxylation is 1. The van der Waals surface area contributed by atoms with Crippen LogP contribution in [0.25, 0.3) is 43.5 Å². The number of hydrogen-bond donors (Lipinski definition) is 0. The van der Waals surface area contributed by atoms with Crippen LogP contribution in [-0.4, -0.2) is 0 Å². The summed E-state index contributed by atoms with van der Waals surface area (Å²) in [6.45, 7) is 2.29. The average molecular weight is 465 g/mol. The molecule has 35 heavy (non-hydrogen) atoms. The van der Waals surface area contributed by atoms with Crippen molar-refractivity contribution < 1.29 is 4.42 Å². The molecule has 0 N–H and O–H groups in total. The van der Waals surface area contributed by atoms with E-state index in [9.17, 15) is 0 Å². The molecule has 4 aromatic carbocycles. The van der Waals surface area contributed by atoms with Crippen LogP contribution in [-0.2, 0) is 6.42 Å². The lowest BCUT2D eigenvalue weighted by Crippen LogP contribution is -1.88. The van der Waals surface area contributed by atoms with Gasteiger partial charge in [-0.1, -0.05) is 126 Å². The quantitative estimate of drug-likeness (QED) is 0.125. The fourth-order valence-corrected chi connectivity index (χ4v) is 5.70. The van der Waals surface area contributed by atoms with Crippen LogP contribution in [0.3, 0.4) is 0 Å². The molecule has 0 aliphatic heterocycles. The summed E-state index contributed by atoms with van der Waals surface area (Å²) in [6.07, 6.45) is 18.0. The molecule has 5 rings (SSSR count). The minimum Gasteiger partial charge on any atom is -0.455 e. The van der Waals surface area contributed by atoms with Gasteiger partial charge in [-0.15, -0.1) is 0 Å². The van der Waals surface area contributed by atoms with Crippen LogP contribution < -0.4 is 0 Å². The van der Waals surface area contributed by atoms with Crippen LogP contribution >= 0.6 is 0 Å². The van der Waals surface area contributed by atoms with Gasteiger partial charge in [-0.2, -0.15) is 0 Å². The van der Waals surface area contributed by atoms with Crippen LogP contribution in [0, 0.1) is 0 Å². The highest BCUT2D eigenvalue weighted by Crippen LogP contribution is 2.36. The fraction of sp³-hybridized carbons (Fsp3) is 0.412. The highest BCUT2D eigenvalue weighted by atomic mass is 16.3. The molecular formula is C34H40O. The Morgan fingerprint density at radius 2 is 1.11 bits per heavy atom. The van der Waals surface area contributed by atoms with Gasteiger partial charge in [0, 0.05) is 16.2 Å². The molecule has 5 aromatic rings. The lowest BCUT2D eigenvalue weighted by Gasteiger charge is -2.08. The average Bonchev–Trinajstić information content (AvgIpc) is 3.28. The van der Waals surface area contributed by atoms with Crippen molar-refractivity contribution in [2.45, 2.75) is 90.4 Å². The van der Waals surface area contributed by atoms with E-state index in [0.717, 1.165) is 11.2 Å². The van der Waals surface area contributed by atoms with Crippen LogP contribution in [0.4, 0.5) is 0 Å². The summed E-state index contributed by atoms with van der Waals surface area (Å²) in [5.41, 5.74) is 3.44. The normalized spacial score (nSPS) is 11.9. The lowest BCUT2D eigenvalue weighted by atomic mass is 9.97. The molecular weight excluding hydrogens is 424 g/mol. The first kappa shape index (κ1) is 23.9. The molecule has 0 saturated heterocycles. The van der Waals surface area contributed by atoms with Crippen LogP contribution in [0.1, 0.15) is 89.5 Å². The smallest absolute Gasteiger partial charge is 0.143 e. The fourth-order valence-electron chi connectivity index (χ4n) is 5.70. The molecule has 1 heterocycles. The van der Waals surface area contributed by atoms with E-state index in [1.54, 1.807) is 0 Å². The number of rotatable bonds is 13. The molecule has 1 nitrogen and oxygen atoms in total. The van der Waals surface area contributed by atoms with Crippen molar-refractivity contribution in [2.24, 2.45) is 0 Å². The third-order valence-corrected chi connectivity index (χ3v) is 7.74. The van der Waals surface area contributed by atoms with Gasteiger partial charge in [0.25, 0.3) is 0 Å². The largest absolute Gasteiger partial charge is 0.455 e. The first-order valence-electron chi connectivity index (χ1n) is 14.1. The van der Waals surface area contributed by atoms with Crippen molar-refractivity contribution in [1.29, 1.82) is 0 Å². The van der Waals surface area contributed by atoms with Gasteiger partial charge in [0.1, 0.15) is 11.2 Å². The number of hydrogen-bond acceptors (Lipinski definition) is 1. The highest BCUT2D eigenvalue weighted by Gasteiger charge is 2.11. The first-order chi connectivity index (χ1) is 17.3. The molecule has 0 radical (unpaired) electrons. The summed E-state index contributed by atoms with van der Waals surface area (Å²) in [7, 11) is 0.